The first-order valence-corrected chi connectivity index (χ1v) is 12.0. The lowest BCUT2D eigenvalue weighted by atomic mass is 9.78. The fourth-order valence-corrected chi connectivity index (χ4v) is 3.42. The van der Waals surface area contributed by atoms with Crippen molar-refractivity contribution in [3.05, 3.63) is 59.7 Å². The van der Waals surface area contributed by atoms with Gasteiger partial charge in [0.25, 0.3) is 0 Å². The highest BCUT2D eigenvalue weighted by Crippen LogP contribution is 2.33. The Morgan fingerprint density at radius 1 is 0.812 bits per heavy atom. The van der Waals surface area contributed by atoms with Crippen LogP contribution in [0.4, 0.5) is 0 Å². The minimum absolute atomic E-state index is 0.145. The average molecular weight is 579 g/mol. The Hall–Kier alpha value is -1.10. The Balaban J connectivity index is 1.86. The van der Waals surface area contributed by atoms with Crippen LogP contribution in [-0.2, 0) is 13.2 Å². The van der Waals surface area contributed by atoms with Crippen LogP contribution in [0.1, 0.15) is 31.4 Å². The van der Waals surface area contributed by atoms with Gasteiger partial charge in [0.15, 0.2) is 0 Å². The van der Waals surface area contributed by atoms with Gasteiger partial charge in [0.2, 0.25) is 0 Å². The van der Waals surface area contributed by atoms with E-state index in [9.17, 15) is 10.2 Å². The predicted octanol–water partition coefficient (Wildman–Crippen LogP) is 4.50. The first-order chi connectivity index (χ1) is 15.4. The fourth-order valence-electron chi connectivity index (χ4n) is 3.01. The van der Waals surface area contributed by atoms with Gasteiger partial charge in [-0.1, -0.05) is 38.1 Å². The summed E-state index contributed by atoms with van der Waals surface area (Å²) in [5.74, 6) is 1.54. The predicted molar refractivity (Wildman–Crippen MR) is 134 cm³/mol. The van der Waals surface area contributed by atoms with E-state index >= 15 is 0 Å². The van der Waals surface area contributed by atoms with Gasteiger partial charge in [-0.05, 0) is 41.8 Å². The van der Waals surface area contributed by atoms with Crippen molar-refractivity contribution < 1.29 is 27.5 Å². The van der Waals surface area contributed by atoms with Crippen LogP contribution < -0.4 is 9.47 Å². The maximum atomic E-state index is 9.99. The molecule has 2 atom stereocenters. The van der Waals surface area contributed by atoms with E-state index in [1.54, 1.807) is 0 Å². The van der Waals surface area contributed by atoms with Gasteiger partial charge in [0.1, 0.15) is 59.9 Å². The largest absolute Gasteiger partial charge is 0.491 e. The molecule has 6 nitrogen and oxygen atoms in total. The van der Waals surface area contributed by atoms with Crippen molar-refractivity contribution in [2.75, 3.05) is 38.9 Å². The Morgan fingerprint density at radius 2 is 1.31 bits per heavy atom. The average Bonchev–Trinajstić information content (AvgIpc) is 2.81. The Kier molecular flexibility index (Phi) is 12.1. The summed E-state index contributed by atoms with van der Waals surface area (Å²) in [6.45, 7) is 6.06. The van der Waals surface area contributed by atoms with E-state index in [1.807, 2.05) is 71.5 Å². The monoisotopic (exact) mass is 578 g/mol. The van der Waals surface area contributed by atoms with Crippen molar-refractivity contribution in [3.8, 4) is 11.5 Å². The molecule has 2 aromatic carbocycles. The molecular weight excluding hydrogens is 547 g/mol. The molecule has 178 valence electrons. The number of aliphatic hydroxyl groups is 2. The van der Waals surface area contributed by atoms with E-state index in [2.05, 4.69) is 13.8 Å². The summed E-state index contributed by atoms with van der Waals surface area (Å²) in [5.41, 5.74) is 2.05. The van der Waals surface area contributed by atoms with E-state index in [-0.39, 0.29) is 31.1 Å². The van der Waals surface area contributed by atoms with Crippen molar-refractivity contribution in [1.29, 1.82) is 0 Å². The molecule has 0 bridgehead atoms. The molecule has 2 aromatic rings. The van der Waals surface area contributed by atoms with E-state index in [0.717, 1.165) is 17.5 Å². The first-order valence-electron chi connectivity index (χ1n) is 10.6. The summed E-state index contributed by atoms with van der Waals surface area (Å²) < 4.78 is 21.6. The molecule has 0 spiro atoms. The van der Waals surface area contributed by atoms with Crippen LogP contribution in [-0.4, -0.2) is 61.3 Å². The standard InChI is InChI=1S/C24H32ClIO6/c1-24(2,18-4-8-22(9-5-18)30-16-20(27)14-25)19-6-10-23(11-7-19)31-17-21(28)15-29-12-3-13-32-26/h4-11,20-21,27-28H,3,12-17H2,1-2H3/t20-,21-/m1/s1. The first kappa shape index (κ1) is 27.1. The van der Waals surface area contributed by atoms with Crippen LogP contribution in [0.25, 0.3) is 0 Å². The molecule has 0 unspecified atom stereocenters. The Morgan fingerprint density at radius 3 is 1.78 bits per heavy atom. The minimum Gasteiger partial charge on any atom is -0.491 e. The molecule has 0 radical (unpaired) electrons. The SMILES string of the molecule is CC(C)(c1ccc(OC[C@H](O)CCl)cc1)c1ccc(OC[C@H](O)COCCCOI)cc1. The second-order valence-electron chi connectivity index (χ2n) is 8.00. The number of benzene rings is 2. The van der Waals surface area contributed by atoms with E-state index in [1.165, 1.54) is 0 Å². The number of hydrogen-bond acceptors (Lipinski definition) is 6. The lowest BCUT2D eigenvalue weighted by Crippen LogP contribution is -2.24. The molecule has 0 aromatic heterocycles. The van der Waals surface area contributed by atoms with Crippen LogP contribution in [0.15, 0.2) is 48.5 Å². The summed E-state index contributed by atoms with van der Waals surface area (Å²) in [5, 5.41) is 19.5. The van der Waals surface area contributed by atoms with Crippen LogP contribution >= 0.6 is 34.6 Å². The zero-order valence-corrected chi connectivity index (χ0v) is 21.4. The molecule has 32 heavy (non-hydrogen) atoms. The molecule has 0 aliphatic heterocycles. The number of aliphatic hydroxyl groups excluding tert-OH is 2. The van der Waals surface area contributed by atoms with Gasteiger partial charge in [-0.15, -0.1) is 11.6 Å². The van der Waals surface area contributed by atoms with Crippen molar-refractivity contribution in [1.82, 2.24) is 0 Å². The minimum atomic E-state index is -0.682. The van der Waals surface area contributed by atoms with Crippen molar-refractivity contribution in [2.24, 2.45) is 0 Å². The molecule has 0 amide bonds. The quantitative estimate of drug-likeness (QED) is 0.184. The zero-order chi connectivity index (χ0) is 23.4. The maximum absolute atomic E-state index is 9.99. The molecule has 0 saturated carbocycles. The molecule has 0 fully saturated rings. The van der Waals surface area contributed by atoms with Crippen LogP contribution in [0.5, 0.6) is 11.5 Å². The van der Waals surface area contributed by atoms with Gasteiger partial charge in [0.05, 0.1) is 19.1 Å². The summed E-state index contributed by atoms with van der Waals surface area (Å²) in [7, 11) is 0. The van der Waals surface area contributed by atoms with Crippen molar-refractivity contribution >= 4 is 34.6 Å². The molecule has 8 heteroatoms. The number of rotatable bonds is 15. The number of ether oxygens (including phenoxy) is 3. The summed E-state index contributed by atoms with van der Waals surface area (Å²) in [6.07, 6.45) is -0.568. The highest BCUT2D eigenvalue weighted by Gasteiger charge is 2.23. The zero-order valence-electron chi connectivity index (χ0n) is 18.5. The molecule has 2 rings (SSSR count). The van der Waals surface area contributed by atoms with Gasteiger partial charge in [-0.25, -0.2) is 0 Å². The number of alkyl halides is 1. The van der Waals surface area contributed by atoms with E-state index in [4.69, 9.17) is 28.9 Å². The smallest absolute Gasteiger partial charge is 0.119 e. The van der Waals surface area contributed by atoms with Crippen LogP contribution in [0.2, 0.25) is 0 Å². The summed E-state index contributed by atoms with van der Waals surface area (Å²) >= 11 is 7.44. The highest BCUT2D eigenvalue weighted by molar-refractivity contribution is 14.1. The van der Waals surface area contributed by atoms with Crippen LogP contribution in [0.3, 0.4) is 0 Å². The number of hydrogen-bond donors (Lipinski definition) is 2. The van der Waals surface area contributed by atoms with E-state index in [0.29, 0.717) is 24.7 Å². The maximum Gasteiger partial charge on any atom is 0.119 e. The van der Waals surface area contributed by atoms with Crippen molar-refractivity contribution in [3.63, 3.8) is 0 Å². The third kappa shape index (κ3) is 9.03. The fraction of sp³-hybridized carbons (Fsp3) is 0.500. The van der Waals surface area contributed by atoms with E-state index < -0.39 is 12.2 Å². The van der Waals surface area contributed by atoms with Gasteiger partial charge >= 0.3 is 0 Å². The number of halogens is 2. The summed E-state index contributed by atoms with van der Waals surface area (Å²) in [4.78, 5) is 0. The third-order valence-corrected chi connectivity index (χ3v) is 5.83. The second kappa shape index (κ2) is 14.2. The molecule has 0 saturated heterocycles. The summed E-state index contributed by atoms with van der Waals surface area (Å²) in [6, 6.07) is 15.7. The van der Waals surface area contributed by atoms with Gasteiger partial charge in [-0.3, -0.25) is 0 Å². The Bertz CT molecular complexity index is 769. The topological polar surface area (TPSA) is 77.4 Å². The molecule has 2 N–H and O–H groups in total. The normalized spacial score (nSPS) is 13.6. The molecular formula is C24H32ClIO6. The lowest BCUT2D eigenvalue weighted by molar-refractivity contribution is 0.00988. The lowest BCUT2D eigenvalue weighted by Gasteiger charge is -2.26. The molecule has 0 aliphatic carbocycles. The van der Waals surface area contributed by atoms with Crippen molar-refractivity contribution in [2.45, 2.75) is 37.9 Å². The molecule has 0 aliphatic rings. The third-order valence-electron chi connectivity index (χ3n) is 5.04. The molecule has 0 heterocycles. The Labute approximate surface area is 209 Å². The highest BCUT2D eigenvalue weighted by atomic mass is 127. The van der Waals surface area contributed by atoms with Crippen LogP contribution in [0, 0.1) is 0 Å². The van der Waals surface area contributed by atoms with Gasteiger partial charge in [0, 0.05) is 12.0 Å². The van der Waals surface area contributed by atoms with Gasteiger partial charge < -0.3 is 27.5 Å². The second-order valence-corrected chi connectivity index (χ2v) is 8.93. The van der Waals surface area contributed by atoms with Gasteiger partial charge in [-0.2, -0.15) is 0 Å².